The van der Waals surface area contributed by atoms with Gasteiger partial charge in [-0.3, -0.25) is 9.59 Å². The normalized spacial score (nSPS) is 12.9. The fourth-order valence-electron chi connectivity index (χ4n) is 3.12. The number of hydrogen-bond donors (Lipinski definition) is 3. The monoisotopic (exact) mass is 382 g/mol. The summed E-state index contributed by atoms with van der Waals surface area (Å²) in [6.45, 7) is 6.55. The van der Waals surface area contributed by atoms with Crippen molar-refractivity contribution in [3.8, 4) is 0 Å². The van der Waals surface area contributed by atoms with E-state index in [4.69, 9.17) is 0 Å². The predicted molar refractivity (Wildman–Crippen MR) is 114 cm³/mol. The molecule has 1 unspecified atom stereocenters. The average molecular weight is 383 g/mol. The number of aryl methyl sites for hydroxylation is 2. The molecule has 0 spiro atoms. The molecular weight excluding hydrogens is 350 g/mol. The molecule has 3 N–H and O–H groups in total. The molecule has 0 saturated heterocycles. The van der Waals surface area contributed by atoms with Gasteiger partial charge >= 0.3 is 0 Å². The Bertz CT molecular complexity index is 790. The molecule has 0 aliphatic rings. The first-order chi connectivity index (χ1) is 13.3. The number of likely N-dealkylation sites (N-methyl/N-ethyl adjacent to an activating group) is 1. The van der Waals surface area contributed by atoms with Crippen LogP contribution in [0.5, 0.6) is 0 Å². The highest BCUT2D eigenvalue weighted by atomic mass is 16.2. The average Bonchev–Trinajstić information content (AvgIpc) is 2.64. The van der Waals surface area contributed by atoms with Gasteiger partial charge in [-0.2, -0.15) is 0 Å². The number of anilines is 1. The van der Waals surface area contributed by atoms with E-state index < -0.39 is 0 Å². The lowest BCUT2D eigenvalue weighted by Crippen LogP contribution is -3.11. The van der Waals surface area contributed by atoms with Crippen LogP contribution in [0.2, 0.25) is 0 Å². The van der Waals surface area contributed by atoms with E-state index in [-0.39, 0.29) is 30.9 Å². The van der Waals surface area contributed by atoms with Crippen molar-refractivity contribution in [1.29, 1.82) is 0 Å². The maximum Gasteiger partial charge on any atom is 0.279 e. The van der Waals surface area contributed by atoms with Gasteiger partial charge in [-0.15, -0.1) is 0 Å². The van der Waals surface area contributed by atoms with Crippen LogP contribution in [-0.4, -0.2) is 38.0 Å². The summed E-state index contributed by atoms with van der Waals surface area (Å²) in [5, 5.41) is 5.97. The molecule has 5 heteroatoms. The lowest BCUT2D eigenvalue weighted by molar-refractivity contribution is -0.862. The van der Waals surface area contributed by atoms with Crippen molar-refractivity contribution < 1.29 is 14.5 Å². The molecule has 2 amide bonds. The molecular formula is C23H32N3O2+. The number of amides is 2. The summed E-state index contributed by atoms with van der Waals surface area (Å²) in [4.78, 5) is 25.4. The number of nitrogens with one attached hydrogen (secondary N) is 3. The first-order valence-electron chi connectivity index (χ1n) is 9.85. The van der Waals surface area contributed by atoms with Gasteiger partial charge in [-0.25, -0.2) is 0 Å². The first-order valence-corrected chi connectivity index (χ1v) is 9.85. The molecule has 0 fully saturated rings. The zero-order valence-corrected chi connectivity index (χ0v) is 17.3. The molecule has 0 aliphatic heterocycles. The van der Waals surface area contributed by atoms with Crippen LogP contribution >= 0.6 is 0 Å². The van der Waals surface area contributed by atoms with Gasteiger partial charge < -0.3 is 15.5 Å². The highest BCUT2D eigenvalue weighted by molar-refractivity contribution is 5.92. The summed E-state index contributed by atoms with van der Waals surface area (Å²) in [5.74, 6) is -0.117. The summed E-state index contributed by atoms with van der Waals surface area (Å²) < 4.78 is 0. The molecule has 2 aromatic carbocycles. The van der Waals surface area contributed by atoms with E-state index in [9.17, 15) is 9.59 Å². The largest absolute Gasteiger partial charge is 0.349 e. The van der Waals surface area contributed by atoms with E-state index in [0.717, 1.165) is 34.6 Å². The Kier molecular flexibility index (Phi) is 8.20. The summed E-state index contributed by atoms with van der Waals surface area (Å²) in [6.07, 6.45) is 1.82. The van der Waals surface area contributed by atoms with E-state index in [0.29, 0.717) is 0 Å². The molecule has 0 aromatic heterocycles. The molecule has 28 heavy (non-hydrogen) atoms. The SMILES string of the molecule is Cc1cccc(NC(=O)C[NH+](C)CC(=O)N[C@@H](C)CCc2ccccc2)c1C. The van der Waals surface area contributed by atoms with Gasteiger partial charge in [0, 0.05) is 11.7 Å². The van der Waals surface area contributed by atoms with Crippen LogP contribution in [0.4, 0.5) is 5.69 Å². The third-order valence-electron chi connectivity index (χ3n) is 4.92. The minimum atomic E-state index is -0.0869. The lowest BCUT2D eigenvalue weighted by Gasteiger charge is -2.17. The van der Waals surface area contributed by atoms with Gasteiger partial charge in [-0.1, -0.05) is 42.5 Å². The van der Waals surface area contributed by atoms with E-state index in [1.807, 2.05) is 64.2 Å². The second-order valence-corrected chi connectivity index (χ2v) is 7.60. The van der Waals surface area contributed by atoms with Crippen LogP contribution in [0.1, 0.15) is 30.0 Å². The Morgan fingerprint density at radius 3 is 2.36 bits per heavy atom. The zero-order valence-electron chi connectivity index (χ0n) is 17.3. The predicted octanol–water partition coefficient (Wildman–Crippen LogP) is 1.89. The van der Waals surface area contributed by atoms with Gasteiger partial charge in [0.1, 0.15) is 0 Å². The molecule has 0 radical (unpaired) electrons. The molecule has 0 heterocycles. The van der Waals surface area contributed by atoms with Crippen molar-refractivity contribution in [1.82, 2.24) is 5.32 Å². The maximum absolute atomic E-state index is 12.3. The van der Waals surface area contributed by atoms with Crippen molar-refractivity contribution in [3.63, 3.8) is 0 Å². The Hall–Kier alpha value is -2.66. The van der Waals surface area contributed by atoms with Gasteiger partial charge in [-0.05, 0) is 56.4 Å². The van der Waals surface area contributed by atoms with E-state index in [1.165, 1.54) is 5.56 Å². The summed E-state index contributed by atoms with van der Waals surface area (Å²) >= 11 is 0. The van der Waals surface area contributed by atoms with Crippen LogP contribution in [-0.2, 0) is 16.0 Å². The highest BCUT2D eigenvalue weighted by Gasteiger charge is 2.16. The van der Waals surface area contributed by atoms with Crippen LogP contribution in [0.15, 0.2) is 48.5 Å². The van der Waals surface area contributed by atoms with Crippen LogP contribution in [0, 0.1) is 13.8 Å². The van der Waals surface area contributed by atoms with Crippen LogP contribution in [0.25, 0.3) is 0 Å². The van der Waals surface area contributed by atoms with Gasteiger partial charge in [0.05, 0.1) is 7.05 Å². The molecule has 0 aliphatic carbocycles. The van der Waals surface area contributed by atoms with E-state index >= 15 is 0 Å². The van der Waals surface area contributed by atoms with Crippen molar-refractivity contribution >= 4 is 17.5 Å². The Balaban J connectivity index is 1.72. The third-order valence-corrected chi connectivity index (χ3v) is 4.92. The smallest absolute Gasteiger partial charge is 0.279 e. The number of rotatable bonds is 9. The topological polar surface area (TPSA) is 62.6 Å². The maximum atomic E-state index is 12.3. The zero-order chi connectivity index (χ0) is 20.5. The standard InChI is InChI=1S/C23H31N3O2/c1-17-9-8-12-21(19(17)3)25-23(28)16-26(4)15-22(27)24-18(2)13-14-20-10-6-5-7-11-20/h5-12,18H,13-16H2,1-4H3,(H,24,27)(H,25,28)/p+1/t18-/m0/s1. The highest BCUT2D eigenvalue weighted by Crippen LogP contribution is 2.17. The van der Waals surface area contributed by atoms with Crippen LogP contribution in [0.3, 0.4) is 0 Å². The van der Waals surface area contributed by atoms with Gasteiger partial charge in [0.15, 0.2) is 13.1 Å². The Labute approximate surface area is 168 Å². The molecule has 2 rings (SSSR count). The lowest BCUT2D eigenvalue weighted by atomic mass is 10.1. The first kappa shape index (κ1) is 21.6. The summed E-state index contributed by atoms with van der Waals surface area (Å²) in [5.41, 5.74) is 4.31. The summed E-state index contributed by atoms with van der Waals surface area (Å²) in [6, 6.07) is 16.2. The van der Waals surface area contributed by atoms with Gasteiger partial charge in [0.2, 0.25) is 0 Å². The van der Waals surface area contributed by atoms with Gasteiger partial charge in [0.25, 0.3) is 11.8 Å². The Morgan fingerprint density at radius 1 is 0.964 bits per heavy atom. The van der Waals surface area contributed by atoms with Crippen molar-refractivity contribution in [3.05, 3.63) is 65.2 Å². The Morgan fingerprint density at radius 2 is 1.64 bits per heavy atom. The third kappa shape index (κ3) is 7.16. The molecule has 0 saturated carbocycles. The fourth-order valence-corrected chi connectivity index (χ4v) is 3.12. The summed E-state index contributed by atoms with van der Waals surface area (Å²) in [7, 11) is 1.86. The number of carbonyl (C=O) groups excluding carboxylic acids is 2. The second-order valence-electron chi connectivity index (χ2n) is 7.60. The molecule has 2 atom stereocenters. The molecule has 5 nitrogen and oxygen atoms in total. The second kappa shape index (κ2) is 10.6. The molecule has 2 aromatic rings. The van der Waals surface area contributed by atoms with E-state index in [1.54, 1.807) is 0 Å². The minimum absolute atomic E-state index is 0.0300. The number of hydrogen-bond acceptors (Lipinski definition) is 2. The minimum Gasteiger partial charge on any atom is -0.349 e. The fraction of sp³-hybridized carbons (Fsp3) is 0.391. The molecule has 150 valence electrons. The quantitative estimate of drug-likeness (QED) is 0.620. The number of carbonyl (C=O) groups is 2. The van der Waals surface area contributed by atoms with Crippen LogP contribution < -0.4 is 15.5 Å². The number of quaternary nitrogens is 1. The van der Waals surface area contributed by atoms with Crippen molar-refractivity contribution in [2.24, 2.45) is 0 Å². The van der Waals surface area contributed by atoms with E-state index in [2.05, 4.69) is 22.8 Å². The van der Waals surface area contributed by atoms with Crippen molar-refractivity contribution in [2.75, 3.05) is 25.5 Å². The number of benzene rings is 2. The molecule has 0 bridgehead atoms. The van der Waals surface area contributed by atoms with Crippen molar-refractivity contribution in [2.45, 2.75) is 39.7 Å².